The molecule has 0 rings (SSSR count). The summed E-state index contributed by atoms with van der Waals surface area (Å²) in [5, 5.41) is 20.8. The highest BCUT2D eigenvalue weighted by atomic mass is 32.2. The van der Waals surface area contributed by atoms with Crippen molar-refractivity contribution in [2.45, 2.75) is 24.9 Å². The van der Waals surface area contributed by atoms with Gasteiger partial charge in [-0.05, 0) is 6.42 Å². The minimum Gasteiger partial charge on any atom is -0.480 e. The summed E-state index contributed by atoms with van der Waals surface area (Å²) in [6.07, 6.45) is -0.682. The molecule has 132 valence electrons. The van der Waals surface area contributed by atoms with Crippen LogP contribution in [0.1, 0.15) is 12.8 Å². The first-order valence-corrected chi connectivity index (χ1v) is 7.75. The summed E-state index contributed by atoms with van der Waals surface area (Å²) in [6.45, 7) is -0.819. The van der Waals surface area contributed by atoms with Gasteiger partial charge in [0.05, 0.1) is 0 Å². The molecule has 0 aromatic rings. The highest BCUT2D eigenvalue weighted by Crippen LogP contribution is 1.98. The number of carboxylic acid groups (broad SMARTS) is 2. The zero-order valence-electron chi connectivity index (χ0n) is 11.8. The smallest absolute Gasteiger partial charge is 0.322 e. The molecule has 0 unspecified atom stereocenters. The Kier molecular flexibility index (Phi) is 8.13. The van der Waals surface area contributed by atoms with E-state index in [0.717, 1.165) is 0 Å². The Balaban J connectivity index is 4.74. The second-order valence-corrected chi connectivity index (χ2v) is 5.96. The van der Waals surface area contributed by atoms with Crippen LogP contribution in [0, 0.1) is 0 Å². The zero-order chi connectivity index (χ0) is 18.2. The van der Waals surface area contributed by atoms with Crippen LogP contribution in [0.5, 0.6) is 0 Å². The van der Waals surface area contributed by atoms with Gasteiger partial charge in [0.15, 0.2) is 0 Å². The molecule has 2 amide bonds. The Hall–Kier alpha value is -2.25. The van der Waals surface area contributed by atoms with Crippen LogP contribution in [0.15, 0.2) is 0 Å². The Morgan fingerprint density at radius 1 is 1.13 bits per heavy atom. The van der Waals surface area contributed by atoms with Gasteiger partial charge in [-0.25, -0.2) is 0 Å². The van der Waals surface area contributed by atoms with Gasteiger partial charge in [-0.2, -0.15) is 8.42 Å². The first-order valence-electron chi connectivity index (χ1n) is 6.14. The van der Waals surface area contributed by atoms with Crippen molar-refractivity contribution in [2.24, 2.45) is 5.73 Å². The normalized spacial score (nSPS) is 13.7. The fourth-order valence-electron chi connectivity index (χ4n) is 1.36. The van der Waals surface area contributed by atoms with Crippen molar-refractivity contribution < 1.29 is 42.4 Å². The number of amides is 2. The number of aliphatic carboxylic acids is 2. The summed E-state index contributed by atoms with van der Waals surface area (Å²) < 4.78 is 30.4. The molecule has 0 aliphatic rings. The summed E-state index contributed by atoms with van der Waals surface area (Å²) >= 11 is 0. The van der Waals surface area contributed by atoms with Crippen molar-refractivity contribution in [3.63, 3.8) is 0 Å². The number of carbonyl (C=O) groups excluding carboxylic acids is 2. The van der Waals surface area contributed by atoms with E-state index in [4.69, 9.17) is 20.5 Å². The molecule has 7 N–H and O–H groups in total. The second kappa shape index (κ2) is 9.02. The summed E-state index contributed by atoms with van der Waals surface area (Å²) in [4.78, 5) is 44.0. The maximum Gasteiger partial charge on any atom is 0.322 e. The molecule has 0 aromatic heterocycles. The van der Waals surface area contributed by atoms with Crippen molar-refractivity contribution in [1.29, 1.82) is 0 Å². The Morgan fingerprint density at radius 2 is 1.70 bits per heavy atom. The fourth-order valence-corrected chi connectivity index (χ4v) is 2.01. The van der Waals surface area contributed by atoms with Crippen LogP contribution in [0.3, 0.4) is 0 Å². The molecular formula is C10H17N3O9S. The largest absolute Gasteiger partial charge is 0.480 e. The minimum atomic E-state index is -4.64. The average molecular weight is 355 g/mol. The molecule has 23 heavy (non-hydrogen) atoms. The number of carboxylic acids is 2. The molecule has 12 nitrogen and oxygen atoms in total. The summed E-state index contributed by atoms with van der Waals surface area (Å²) in [5.74, 6) is -5.94. The third kappa shape index (κ3) is 10.2. The lowest BCUT2D eigenvalue weighted by Crippen LogP contribution is -2.51. The molecule has 0 radical (unpaired) electrons. The van der Waals surface area contributed by atoms with E-state index >= 15 is 0 Å². The van der Waals surface area contributed by atoms with Gasteiger partial charge in [0.2, 0.25) is 11.8 Å². The van der Waals surface area contributed by atoms with Crippen LogP contribution in [0.25, 0.3) is 0 Å². The molecule has 13 heteroatoms. The van der Waals surface area contributed by atoms with Crippen LogP contribution in [0.2, 0.25) is 0 Å². The highest BCUT2D eigenvalue weighted by Gasteiger charge is 2.26. The monoisotopic (exact) mass is 355 g/mol. The quantitative estimate of drug-likeness (QED) is 0.215. The van der Waals surface area contributed by atoms with Gasteiger partial charge in [-0.1, -0.05) is 0 Å². The molecule has 0 aliphatic carbocycles. The van der Waals surface area contributed by atoms with Gasteiger partial charge in [0.25, 0.3) is 10.1 Å². The topological polar surface area (TPSA) is 213 Å². The molecular weight excluding hydrogens is 338 g/mol. The molecule has 0 fully saturated rings. The van der Waals surface area contributed by atoms with Crippen molar-refractivity contribution in [1.82, 2.24) is 10.6 Å². The van der Waals surface area contributed by atoms with Crippen LogP contribution < -0.4 is 16.4 Å². The molecule has 0 spiro atoms. The van der Waals surface area contributed by atoms with Crippen molar-refractivity contribution >= 4 is 33.9 Å². The average Bonchev–Trinajstić information content (AvgIpc) is 2.39. The lowest BCUT2D eigenvalue weighted by atomic mass is 10.1. The van der Waals surface area contributed by atoms with Gasteiger partial charge < -0.3 is 26.6 Å². The van der Waals surface area contributed by atoms with E-state index in [1.165, 1.54) is 0 Å². The van der Waals surface area contributed by atoms with E-state index in [2.05, 4.69) is 0 Å². The van der Waals surface area contributed by atoms with E-state index in [9.17, 15) is 27.6 Å². The van der Waals surface area contributed by atoms with E-state index < -0.39 is 64.7 Å². The third-order valence-electron chi connectivity index (χ3n) is 2.44. The molecule has 0 saturated heterocycles. The predicted molar refractivity (Wildman–Crippen MR) is 73.8 cm³/mol. The standard InChI is InChI=1S/C10H17N3O9S/c11-5(10(18)19)1-2-7(14)13-6(4-23(20,21)22)9(17)12-3-8(15)16/h5-6H,1-4,11H2,(H,12,17)(H,13,14)(H,15,16)(H,18,19)(H,20,21,22)/t5-,6+/m0/s1. The van der Waals surface area contributed by atoms with Crippen molar-refractivity contribution in [3.05, 3.63) is 0 Å². The van der Waals surface area contributed by atoms with Crippen molar-refractivity contribution in [2.75, 3.05) is 12.3 Å². The maximum absolute atomic E-state index is 11.6. The molecule has 0 saturated carbocycles. The van der Waals surface area contributed by atoms with Crippen LogP contribution in [-0.2, 0) is 29.3 Å². The van der Waals surface area contributed by atoms with Crippen LogP contribution in [0.4, 0.5) is 0 Å². The molecule has 0 heterocycles. The second-order valence-electron chi connectivity index (χ2n) is 4.46. The Morgan fingerprint density at radius 3 is 2.13 bits per heavy atom. The zero-order valence-corrected chi connectivity index (χ0v) is 12.6. The number of carbonyl (C=O) groups is 4. The number of hydrogen-bond acceptors (Lipinski definition) is 7. The van der Waals surface area contributed by atoms with Gasteiger partial charge in [0.1, 0.15) is 24.4 Å². The number of hydrogen-bond donors (Lipinski definition) is 6. The molecule has 2 atom stereocenters. The lowest BCUT2D eigenvalue weighted by molar-refractivity contribution is -0.139. The third-order valence-corrected chi connectivity index (χ3v) is 3.20. The minimum absolute atomic E-state index is 0.267. The first-order chi connectivity index (χ1) is 10.4. The van der Waals surface area contributed by atoms with E-state index in [1.807, 2.05) is 10.6 Å². The Labute approximate surface area is 130 Å². The fraction of sp³-hybridized carbons (Fsp3) is 0.600. The maximum atomic E-state index is 11.6. The van der Waals surface area contributed by atoms with Crippen molar-refractivity contribution in [3.8, 4) is 0 Å². The van der Waals surface area contributed by atoms with Gasteiger partial charge in [-0.3, -0.25) is 23.7 Å². The predicted octanol–water partition coefficient (Wildman–Crippen LogP) is -3.25. The number of rotatable bonds is 10. The highest BCUT2D eigenvalue weighted by molar-refractivity contribution is 7.85. The summed E-state index contributed by atoms with van der Waals surface area (Å²) in [6, 6.07) is -3.06. The number of nitrogens with one attached hydrogen (secondary N) is 2. The molecule has 0 aliphatic heterocycles. The molecule has 0 aromatic carbocycles. The van der Waals surface area contributed by atoms with E-state index in [1.54, 1.807) is 0 Å². The SMILES string of the molecule is N[C@@H](CCC(=O)N[C@H](CS(=O)(=O)O)C(=O)NCC(=O)O)C(=O)O. The lowest BCUT2D eigenvalue weighted by Gasteiger charge is -2.17. The van der Waals surface area contributed by atoms with Crippen LogP contribution >= 0.6 is 0 Å². The Bertz CT molecular complexity index is 574. The summed E-state index contributed by atoms with van der Waals surface area (Å²) in [7, 11) is -4.64. The van der Waals surface area contributed by atoms with E-state index in [-0.39, 0.29) is 6.42 Å². The van der Waals surface area contributed by atoms with E-state index in [0.29, 0.717) is 0 Å². The first kappa shape index (κ1) is 20.8. The molecule has 0 bridgehead atoms. The summed E-state index contributed by atoms with van der Waals surface area (Å²) in [5.41, 5.74) is 5.18. The van der Waals surface area contributed by atoms with Gasteiger partial charge >= 0.3 is 11.9 Å². The number of nitrogens with two attached hydrogens (primary N) is 1. The van der Waals surface area contributed by atoms with Crippen LogP contribution in [-0.4, -0.2) is 71.3 Å². The van der Waals surface area contributed by atoms with Gasteiger partial charge in [-0.15, -0.1) is 0 Å². The van der Waals surface area contributed by atoms with Gasteiger partial charge in [0, 0.05) is 6.42 Å².